The van der Waals surface area contributed by atoms with E-state index in [9.17, 15) is 0 Å². The lowest BCUT2D eigenvalue weighted by atomic mass is 10.2. The van der Waals surface area contributed by atoms with Gasteiger partial charge in [-0.3, -0.25) is 0 Å². The van der Waals surface area contributed by atoms with Gasteiger partial charge < -0.3 is 0 Å². The van der Waals surface area contributed by atoms with Crippen LogP contribution < -0.4 is 5.30 Å². The fourth-order valence-electron chi connectivity index (χ4n) is 1.16. The molecule has 0 saturated carbocycles. The van der Waals surface area contributed by atoms with Crippen LogP contribution in [0.15, 0.2) is 24.3 Å². The Morgan fingerprint density at radius 3 is 2.21 bits per heavy atom. The van der Waals surface area contributed by atoms with Crippen molar-refractivity contribution in [2.24, 2.45) is 0 Å². The third-order valence-corrected chi connectivity index (χ3v) is 3.56. The molecular formula is C12H19PS. The predicted octanol–water partition coefficient (Wildman–Crippen LogP) is 3.26. The number of hydrogen-bond acceptors (Lipinski definition) is 1. The lowest BCUT2D eigenvalue weighted by Gasteiger charge is -2.17. The van der Waals surface area contributed by atoms with Gasteiger partial charge in [-0.1, -0.05) is 45.0 Å². The lowest BCUT2D eigenvalue weighted by Crippen LogP contribution is -2.09. The molecule has 1 aromatic rings. The molecule has 14 heavy (non-hydrogen) atoms. The second kappa shape index (κ2) is 5.19. The summed E-state index contributed by atoms with van der Waals surface area (Å²) in [5.74, 6) is 1.21. The lowest BCUT2D eigenvalue weighted by molar-refractivity contribution is 0.801. The summed E-state index contributed by atoms with van der Waals surface area (Å²) in [6, 6.07) is 8.74. The highest BCUT2D eigenvalue weighted by Crippen LogP contribution is 2.23. The molecule has 0 spiro atoms. The quantitative estimate of drug-likeness (QED) is 0.713. The summed E-state index contributed by atoms with van der Waals surface area (Å²) in [5, 5.41) is 1.26. The number of hydrogen-bond donors (Lipinski definition) is 0. The SMILES string of the molecule is CC(C)(C)SCCc1ccc(P)cc1. The minimum atomic E-state index is 0.389. The monoisotopic (exact) mass is 226 g/mol. The molecule has 0 aliphatic heterocycles. The number of rotatable bonds is 3. The predicted molar refractivity (Wildman–Crippen MR) is 71.7 cm³/mol. The van der Waals surface area contributed by atoms with Crippen molar-refractivity contribution in [2.75, 3.05) is 5.75 Å². The molecule has 0 amide bonds. The van der Waals surface area contributed by atoms with Gasteiger partial charge in [0, 0.05) is 4.75 Å². The minimum Gasteiger partial charge on any atom is -0.156 e. The van der Waals surface area contributed by atoms with Gasteiger partial charge in [-0.05, 0) is 23.0 Å². The molecule has 0 fully saturated rings. The summed E-state index contributed by atoms with van der Waals surface area (Å²) in [4.78, 5) is 0. The zero-order valence-corrected chi connectivity index (χ0v) is 11.2. The first-order valence-electron chi connectivity index (χ1n) is 4.96. The standard InChI is InChI=1S/C12H19PS/c1-12(2,3)14-9-8-10-4-6-11(13)7-5-10/h4-7H,8-9,13H2,1-3H3. The van der Waals surface area contributed by atoms with Crippen molar-refractivity contribution >= 4 is 26.3 Å². The second-order valence-corrected chi connectivity index (χ2v) is 7.04. The Hall–Kier alpha value is -0.0000000000000000555. The molecule has 0 aromatic heterocycles. The van der Waals surface area contributed by atoms with E-state index in [4.69, 9.17) is 0 Å². The smallest absolute Gasteiger partial charge is 0.00752 e. The van der Waals surface area contributed by atoms with Gasteiger partial charge in [-0.25, -0.2) is 0 Å². The normalized spacial score (nSPS) is 11.7. The molecule has 78 valence electrons. The van der Waals surface area contributed by atoms with Crippen LogP contribution in [-0.2, 0) is 6.42 Å². The third kappa shape index (κ3) is 5.02. The van der Waals surface area contributed by atoms with E-state index >= 15 is 0 Å². The van der Waals surface area contributed by atoms with E-state index < -0.39 is 0 Å². The van der Waals surface area contributed by atoms with Gasteiger partial charge >= 0.3 is 0 Å². The molecule has 0 aliphatic carbocycles. The Morgan fingerprint density at radius 1 is 1.14 bits per heavy atom. The van der Waals surface area contributed by atoms with E-state index in [0.29, 0.717) is 4.75 Å². The maximum Gasteiger partial charge on any atom is 0.00752 e. The van der Waals surface area contributed by atoms with Crippen molar-refractivity contribution in [3.8, 4) is 0 Å². The molecular weight excluding hydrogens is 207 g/mol. The first-order valence-corrected chi connectivity index (χ1v) is 6.52. The van der Waals surface area contributed by atoms with Crippen LogP contribution in [0.4, 0.5) is 0 Å². The van der Waals surface area contributed by atoms with Crippen molar-refractivity contribution < 1.29 is 0 Å². The first-order chi connectivity index (χ1) is 6.47. The van der Waals surface area contributed by atoms with E-state index in [1.165, 1.54) is 23.0 Å². The molecule has 1 aromatic carbocycles. The molecule has 0 aliphatic rings. The Morgan fingerprint density at radius 2 is 1.71 bits per heavy atom. The number of benzene rings is 1. The molecule has 0 bridgehead atoms. The van der Waals surface area contributed by atoms with E-state index in [1.54, 1.807) is 0 Å². The van der Waals surface area contributed by atoms with E-state index in [2.05, 4.69) is 54.3 Å². The topological polar surface area (TPSA) is 0 Å². The molecule has 0 radical (unpaired) electrons. The fourth-order valence-corrected chi connectivity index (χ4v) is 2.30. The van der Waals surface area contributed by atoms with Gasteiger partial charge in [-0.15, -0.1) is 9.24 Å². The Balaban J connectivity index is 2.35. The van der Waals surface area contributed by atoms with E-state index in [-0.39, 0.29) is 0 Å². The molecule has 1 rings (SSSR count). The van der Waals surface area contributed by atoms with Gasteiger partial charge in [0.15, 0.2) is 0 Å². The molecule has 0 nitrogen and oxygen atoms in total. The highest BCUT2D eigenvalue weighted by Gasteiger charge is 2.09. The summed E-state index contributed by atoms with van der Waals surface area (Å²) >= 11 is 2.03. The van der Waals surface area contributed by atoms with Gasteiger partial charge in [0.05, 0.1) is 0 Å². The maximum atomic E-state index is 2.71. The molecule has 0 saturated heterocycles. The maximum absolute atomic E-state index is 2.71. The van der Waals surface area contributed by atoms with Gasteiger partial charge in [0.2, 0.25) is 0 Å². The highest BCUT2D eigenvalue weighted by atomic mass is 32.2. The third-order valence-electron chi connectivity index (χ3n) is 1.91. The van der Waals surface area contributed by atoms with Crippen LogP contribution in [0, 0.1) is 0 Å². The van der Waals surface area contributed by atoms with E-state index in [1.807, 2.05) is 11.8 Å². The van der Waals surface area contributed by atoms with Crippen molar-refractivity contribution in [1.82, 2.24) is 0 Å². The van der Waals surface area contributed by atoms with Crippen LogP contribution in [-0.4, -0.2) is 10.5 Å². The summed E-state index contributed by atoms with van der Waals surface area (Å²) in [6.07, 6.45) is 1.17. The van der Waals surface area contributed by atoms with Crippen LogP contribution in [0.3, 0.4) is 0 Å². The summed E-state index contributed by atoms with van der Waals surface area (Å²) < 4.78 is 0.389. The average Bonchev–Trinajstić information content (AvgIpc) is 2.06. The zero-order valence-electron chi connectivity index (χ0n) is 9.21. The number of aryl methyl sites for hydroxylation is 1. The molecule has 1 unspecified atom stereocenters. The first kappa shape index (κ1) is 12.1. The van der Waals surface area contributed by atoms with Crippen molar-refractivity contribution in [2.45, 2.75) is 31.9 Å². The van der Waals surface area contributed by atoms with Crippen molar-refractivity contribution in [1.29, 1.82) is 0 Å². The molecule has 0 N–H and O–H groups in total. The summed E-state index contributed by atoms with van der Waals surface area (Å²) in [6.45, 7) is 6.80. The summed E-state index contributed by atoms with van der Waals surface area (Å²) in [5.41, 5.74) is 1.44. The average molecular weight is 226 g/mol. The Labute approximate surface area is 94.1 Å². The van der Waals surface area contributed by atoms with Crippen LogP contribution in [0.2, 0.25) is 0 Å². The van der Waals surface area contributed by atoms with Crippen LogP contribution in [0.5, 0.6) is 0 Å². The zero-order chi connectivity index (χ0) is 10.6. The van der Waals surface area contributed by atoms with E-state index in [0.717, 1.165) is 0 Å². The molecule has 0 heterocycles. The van der Waals surface area contributed by atoms with Crippen molar-refractivity contribution in [3.05, 3.63) is 29.8 Å². The minimum absolute atomic E-state index is 0.389. The van der Waals surface area contributed by atoms with Gasteiger partial charge in [0.25, 0.3) is 0 Å². The summed E-state index contributed by atoms with van der Waals surface area (Å²) in [7, 11) is 2.71. The fraction of sp³-hybridized carbons (Fsp3) is 0.500. The van der Waals surface area contributed by atoms with Crippen LogP contribution in [0.25, 0.3) is 0 Å². The van der Waals surface area contributed by atoms with Crippen LogP contribution >= 0.6 is 21.0 Å². The van der Waals surface area contributed by atoms with Gasteiger partial charge in [-0.2, -0.15) is 11.8 Å². The number of thioether (sulfide) groups is 1. The highest BCUT2D eigenvalue weighted by molar-refractivity contribution is 8.00. The Kier molecular flexibility index (Phi) is 4.47. The molecule has 2 heteroatoms. The van der Waals surface area contributed by atoms with Crippen molar-refractivity contribution in [3.63, 3.8) is 0 Å². The van der Waals surface area contributed by atoms with Crippen LogP contribution in [0.1, 0.15) is 26.3 Å². The Bertz CT molecular complexity index is 271. The largest absolute Gasteiger partial charge is 0.156 e. The molecule has 1 atom stereocenters. The second-order valence-electron chi connectivity index (χ2n) is 4.45. The van der Waals surface area contributed by atoms with Gasteiger partial charge in [0.1, 0.15) is 0 Å².